The maximum absolute atomic E-state index is 12.4. The molecule has 0 aliphatic heterocycles. The molecule has 0 spiro atoms. The molecule has 0 saturated heterocycles. The van der Waals surface area contributed by atoms with E-state index in [9.17, 15) is 13.2 Å². The van der Waals surface area contributed by atoms with Crippen LogP contribution in [-0.2, 0) is 21.4 Å². The molecule has 2 N–H and O–H groups in total. The Hall–Kier alpha value is -2.38. The van der Waals surface area contributed by atoms with Gasteiger partial charge < -0.3 is 10.6 Å². The first-order chi connectivity index (χ1) is 12.6. The van der Waals surface area contributed by atoms with Gasteiger partial charge in [0.2, 0.25) is 15.9 Å². The van der Waals surface area contributed by atoms with Gasteiger partial charge in [-0.2, -0.15) is 0 Å². The Morgan fingerprint density at radius 2 is 1.67 bits per heavy atom. The van der Waals surface area contributed by atoms with Crippen LogP contribution in [0.1, 0.15) is 22.3 Å². The van der Waals surface area contributed by atoms with E-state index in [-0.39, 0.29) is 17.3 Å². The second kappa shape index (κ2) is 8.54. The summed E-state index contributed by atoms with van der Waals surface area (Å²) in [5.74, 6) is -0.159. The number of sulfonamides is 1. The zero-order valence-electron chi connectivity index (χ0n) is 16.5. The molecule has 6 nitrogen and oxygen atoms in total. The van der Waals surface area contributed by atoms with Gasteiger partial charge in [-0.1, -0.05) is 29.8 Å². The van der Waals surface area contributed by atoms with E-state index >= 15 is 0 Å². The van der Waals surface area contributed by atoms with Crippen LogP contribution in [0.3, 0.4) is 0 Å². The molecule has 2 rings (SSSR count). The van der Waals surface area contributed by atoms with E-state index in [1.54, 1.807) is 12.1 Å². The molecule has 146 valence electrons. The summed E-state index contributed by atoms with van der Waals surface area (Å²) in [6, 6.07) is 11.2. The first-order valence-electron chi connectivity index (χ1n) is 8.71. The average Bonchev–Trinajstić information content (AvgIpc) is 2.62. The zero-order valence-corrected chi connectivity index (χ0v) is 17.3. The lowest BCUT2D eigenvalue weighted by Crippen LogP contribution is -2.29. The van der Waals surface area contributed by atoms with E-state index in [1.165, 1.54) is 24.0 Å². The normalized spacial score (nSPS) is 11.5. The van der Waals surface area contributed by atoms with Crippen molar-refractivity contribution < 1.29 is 13.2 Å². The second-order valence-corrected chi connectivity index (χ2v) is 8.97. The maximum Gasteiger partial charge on any atom is 0.242 e. The van der Waals surface area contributed by atoms with Crippen LogP contribution in [0.4, 0.5) is 5.69 Å². The number of nitrogens with one attached hydrogen (secondary N) is 2. The van der Waals surface area contributed by atoms with Crippen molar-refractivity contribution in [3.05, 3.63) is 58.7 Å². The summed E-state index contributed by atoms with van der Waals surface area (Å²) >= 11 is 0. The molecule has 0 atom stereocenters. The van der Waals surface area contributed by atoms with Gasteiger partial charge in [0, 0.05) is 26.3 Å². The van der Waals surface area contributed by atoms with Crippen LogP contribution in [0.5, 0.6) is 0 Å². The third-order valence-corrected chi connectivity index (χ3v) is 6.26. The highest BCUT2D eigenvalue weighted by atomic mass is 32.2. The maximum atomic E-state index is 12.4. The lowest BCUT2D eigenvalue weighted by atomic mass is 10.1. The Morgan fingerprint density at radius 1 is 1.04 bits per heavy atom. The van der Waals surface area contributed by atoms with Crippen molar-refractivity contribution in [1.29, 1.82) is 0 Å². The number of amides is 1. The highest BCUT2D eigenvalue weighted by molar-refractivity contribution is 7.89. The molecule has 1 amide bonds. The minimum atomic E-state index is -3.53. The minimum Gasteiger partial charge on any atom is -0.376 e. The molecule has 0 bridgehead atoms. The van der Waals surface area contributed by atoms with Crippen LogP contribution < -0.4 is 10.6 Å². The summed E-state index contributed by atoms with van der Waals surface area (Å²) in [6.45, 7) is 6.28. The molecule has 7 heteroatoms. The Morgan fingerprint density at radius 3 is 2.26 bits per heavy atom. The lowest BCUT2D eigenvalue weighted by Gasteiger charge is -2.17. The number of hydrogen-bond donors (Lipinski definition) is 2. The fourth-order valence-electron chi connectivity index (χ4n) is 2.51. The molecule has 0 radical (unpaired) electrons. The number of benzene rings is 2. The monoisotopic (exact) mass is 389 g/mol. The Bertz CT molecular complexity index is 920. The van der Waals surface area contributed by atoms with Crippen molar-refractivity contribution in [1.82, 2.24) is 9.62 Å². The Kier molecular flexibility index (Phi) is 6.62. The third kappa shape index (κ3) is 5.30. The van der Waals surface area contributed by atoms with E-state index < -0.39 is 10.0 Å². The van der Waals surface area contributed by atoms with Gasteiger partial charge in [-0.05, 0) is 49.6 Å². The molecule has 0 saturated carbocycles. The average molecular weight is 390 g/mol. The van der Waals surface area contributed by atoms with Gasteiger partial charge in [-0.15, -0.1) is 0 Å². The summed E-state index contributed by atoms with van der Waals surface area (Å²) in [5.41, 5.74) is 4.60. The topological polar surface area (TPSA) is 78.5 Å². The van der Waals surface area contributed by atoms with E-state index in [0.717, 1.165) is 16.7 Å². The van der Waals surface area contributed by atoms with Gasteiger partial charge >= 0.3 is 0 Å². The van der Waals surface area contributed by atoms with Gasteiger partial charge in [0.1, 0.15) is 0 Å². The summed E-state index contributed by atoms with van der Waals surface area (Å²) in [7, 11) is -0.542. The van der Waals surface area contributed by atoms with Crippen LogP contribution in [-0.4, -0.2) is 39.3 Å². The predicted octanol–water partition coefficient (Wildman–Crippen LogP) is 2.59. The fourth-order valence-corrected chi connectivity index (χ4v) is 3.53. The van der Waals surface area contributed by atoms with Crippen LogP contribution in [0.2, 0.25) is 0 Å². The summed E-state index contributed by atoms with van der Waals surface area (Å²) in [6.07, 6.45) is 0. The van der Waals surface area contributed by atoms with Crippen LogP contribution in [0, 0.1) is 20.8 Å². The molecule has 0 fully saturated rings. The number of hydrogen-bond acceptors (Lipinski definition) is 4. The van der Waals surface area contributed by atoms with E-state index in [2.05, 4.69) is 10.6 Å². The molecule has 0 unspecified atom stereocenters. The minimum absolute atomic E-state index is 0.0671. The SMILES string of the molecule is Cc1ccc(CNC(=O)CNc2cc(S(=O)(=O)N(C)C)cc(C)c2C)cc1. The smallest absolute Gasteiger partial charge is 0.242 e. The zero-order chi connectivity index (χ0) is 20.2. The number of rotatable bonds is 7. The predicted molar refractivity (Wildman–Crippen MR) is 108 cm³/mol. The summed E-state index contributed by atoms with van der Waals surface area (Å²) in [5, 5.41) is 5.91. The van der Waals surface area contributed by atoms with Crippen molar-refractivity contribution in [2.45, 2.75) is 32.2 Å². The molecule has 0 heterocycles. The second-order valence-electron chi connectivity index (χ2n) is 6.82. The first kappa shape index (κ1) is 20.9. The number of aryl methyl sites for hydroxylation is 2. The summed E-state index contributed by atoms with van der Waals surface area (Å²) in [4.78, 5) is 12.3. The largest absolute Gasteiger partial charge is 0.376 e. The van der Waals surface area contributed by atoms with Gasteiger partial charge in [-0.25, -0.2) is 12.7 Å². The Balaban J connectivity index is 2.05. The van der Waals surface area contributed by atoms with Crippen molar-refractivity contribution in [3.63, 3.8) is 0 Å². The lowest BCUT2D eigenvalue weighted by molar-refractivity contribution is -0.119. The standard InChI is InChI=1S/C20H27N3O3S/c1-14-6-8-17(9-7-14)12-22-20(24)13-21-19-11-18(10-15(2)16(19)3)27(25,26)23(4)5/h6-11,21H,12-13H2,1-5H3,(H,22,24). The van der Waals surface area contributed by atoms with Crippen molar-refractivity contribution in [3.8, 4) is 0 Å². The van der Waals surface area contributed by atoms with Crippen LogP contribution in [0.15, 0.2) is 41.3 Å². The van der Waals surface area contributed by atoms with Crippen molar-refractivity contribution in [2.24, 2.45) is 0 Å². The van der Waals surface area contributed by atoms with Gasteiger partial charge in [0.25, 0.3) is 0 Å². The van der Waals surface area contributed by atoms with Gasteiger partial charge in [-0.3, -0.25) is 4.79 Å². The van der Waals surface area contributed by atoms with E-state index in [0.29, 0.717) is 12.2 Å². The number of anilines is 1. The van der Waals surface area contributed by atoms with Gasteiger partial charge in [0.15, 0.2) is 0 Å². The highest BCUT2D eigenvalue weighted by Gasteiger charge is 2.19. The van der Waals surface area contributed by atoms with Crippen molar-refractivity contribution >= 4 is 21.6 Å². The van der Waals surface area contributed by atoms with E-state index in [4.69, 9.17) is 0 Å². The molecule has 2 aromatic rings. The van der Waals surface area contributed by atoms with Crippen LogP contribution >= 0.6 is 0 Å². The third-order valence-electron chi connectivity index (χ3n) is 4.47. The fraction of sp³-hybridized carbons (Fsp3) is 0.350. The molecule has 2 aromatic carbocycles. The first-order valence-corrected chi connectivity index (χ1v) is 10.1. The molecule has 27 heavy (non-hydrogen) atoms. The van der Waals surface area contributed by atoms with E-state index in [1.807, 2.05) is 45.0 Å². The molecule has 0 aromatic heterocycles. The number of carbonyl (C=O) groups excluding carboxylic acids is 1. The molecule has 0 aliphatic rings. The highest BCUT2D eigenvalue weighted by Crippen LogP contribution is 2.25. The molecule has 0 aliphatic carbocycles. The van der Waals surface area contributed by atoms with Gasteiger partial charge in [0.05, 0.1) is 11.4 Å². The molecular weight excluding hydrogens is 362 g/mol. The number of nitrogens with zero attached hydrogens (tertiary/aromatic N) is 1. The van der Waals surface area contributed by atoms with Crippen LogP contribution in [0.25, 0.3) is 0 Å². The summed E-state index contributed by atoms with van der Waals surface area (Å²) < 4.78 is 26.0. The molecular formula is C20H27N3O3S. The number of carbonyl (C=O) groups is 1. The van der Waals surface area contributed by atoms with Crippen molar-refractivity contribution in [2.75, 3.05) is 26.0 Å². The quantitative estimate of drug-likeness (QED) is 0.763. The Labute approximate surface area is 161 Å².